The highest BCUT2D eigenvalue weighted by Gasteiger charge is 2.16. The van der Waals surface area contributed by atoms with Crippen LogP contribution >= 0.6 is 0 Å². The first-order chi connectivity index (χ1) is 20.5. The Kier molecular flexibility index (Phi) is 29.6. The van der Waals surface area contributed by atoms with Crippen LogP contribution in [0.1, 0.15) is 142 Å². The number of allylic oxidation sites excluding steroid dienone is 8. The number of hydrogen-bond acceptors (Lipinski definition) is 6. The molecule has 0 aromatic rings. The fourth-order valence-electron chi connectivity index (χ4n) is 4.27. The third-order valence-electron chi connectivity index (χ3n) is 6.85. The number of unbranched alkanes of at least 4 members (excludes halogenated alkanes) is 12. The quantitative estimate of drug-likeness (QED) is 0.0308. The first kappa shape index (κ1) is 39.5. The Labute approximate surface area is 256 Å². The number of ether oxygens (including phenoxy) is 2. The van der Waals surface area contributed by atoms with Gasteiger partial charge in [-0.05, 0) is 44.6 Å². The van der Waals surface area contributed by atoms with E-state index in [9.17, 15) is 19.5 Å². The molecule has 42 heavy (non-hydrogen) atoms. The van der Waals surface area contributed by atoms with E-state index in [0.29, 0.717) is 12.8 Å². The molecule has 0 unspecified atom stereocenters. The average Bonchev–Trinajstić information content (AvgIpc) is 2.98. The molecule has 0 aliphatic rings. The van der Waals surface area contributed by atoms with E-state index in [0.717, 1.165) is 38.5 Å². The largest absolute Gasteiger partial charge is 0.462 e. The van der Waals surface area contributed by atoms with Crippen molar-refractivity contribution in [1.29, 1.82) is 0 Å². The van der Waals surface area contributed by atoms with Gasteiger partial charge in [0.15, 0.2) is 11.9 Å². The molecule has 0 spiro atoms. The van der Waals surface area contributed by atoms with Gasteiger partial charge in [0.2, 0.25) is 0 Å². The molecule has 0 amide bonds. The highest BCUT2D eigenvalue weighted by atomic mass is 16.6. The van der Waals surface area contributed by atoms with E-state index >= 15 is 0 Å². The maximum absolute atomic E-state index is 12.1. The third-order valence-corrected chi connectivity index (χ3v) is 6.85. The summed E-state index contributed by atoms with van der Waals surface area (Å²) in [6.07, 6.45) is 34.5. The standard InChI is InChI=1S/C36H60O6/c1-3-5-7-9-11-13-15-16-17-18-20-22-24-27-33(38)28-26-30-36(40)42-34(31-37)32-41-35(39)29-25-23-21-19-14-12-10-8-6-4-2/h11,13,16-17,20,22,24,27,34,37H,3-10,12,14-15,18-19,21,23,25-26,28-32H2,1-2H3/b13-11-,17-16-,22-20-,27-24+/t34-/m0/s1. The summed E-state index contributed by atoms with van der Waals surface area (Å²) in [7, 11) is 0. The summed E-state index contributed by atoms with van der Waals surface area (Å²) in [5, 5.41) is 9.47. The molecule has 0 fully saturated rings. The van der Waals surface area contributed by atoms with E-state index in [1.807, 2.05) is 12.2 Å². The smallest absolute Gasteiger partial charge is 0.306 e. The number of ketones is 1. The Balaban J connectivity index is 3.86. The summed E-state index contributed by atoms with van der Waals surface area (Å²) in [4.78, 5) is 36.0. The van der Waals surface area contributed by atoms with Crippen molar-refractivity contribution >= 4 is 17.7 Å². The maximum atomic E-state index is 12.1. The SMILES string of the molecule is CCCCC/C=C\C/C=C\C/C=C\C=C\C(=O)CCCC(=O)O[C@@H](CO)COC(=O)CCCCCCCCCCCC. The topological polar surface area (TPSA) is 89.9 Å². The van der Waals surface area contributed by atoms with Gasteiger partial charge in [-0.25, -0.2) is 0 Å². The van der Waals surface area contributed by atoms with E-state index in [1.54, 1.807) is 6.08 Å². The van der Waals surface area contributed by atoms with E-state index in [1.165, 1.54) is 70.3 Å². The molecule has 0 aliphatic carbocycles. The minimum atomic E-state index is -0.884. The zero-order valence-corrected chi connectivity index (χ0v) is 26.7. The van der Waals surface area contributed by atoms with Crippen molar-refractivity contribution in [3.63, 3.8) is 0 Å². The fourth-order valence-corrected chi connectivity index (χ4v) is 4.27. The molecule has 0 rings (SSSR count). The second kappa shape index (κ2) is 31.5. The van der Waals surface area contributed by atoms with Crippen molar-refractivity contribution in [2.75, 3.05) is 13.2 Å². The summed E-state index contributed by atoms with van der Waals surface area (Å²) in [6, 6.07) is 0. The summed E-state index contributed by atoms with van der Waals surface area (Å²) >= 11 is 0. The Bertz CT molecular complexity index is 780. The lowest BCUT2D eigenvalue weighted by molar-refractivity contribution is -0.161. The van der Waals surface area contributed by atoms with Crippen LogP contribution in [0.25, 0.3) is 0 Å². The number of carbonyl (C=O) groups excluding carboxylic acids is 3. The molecule has 6 nitrogen and oxygen atoms in total. The van der Waals surface area contributed by atoms with Crippen molar-refractivity contribution in [2.45, 2.75) is 148 Å². The Morgan fingerprint density at radius 2 is 1.19 bits per heavy atom. The van der Waals surface area contributed by atoms with Gasteiger partial charge < -0.3 is 14.6 Å². The molecule has 240 valence electrons. The summed E-state index contributed by atoms with van der Waals surface area (Å²) in [6.45, 7) is 3.86. The molecule has 0 aliphatic heterocycles. The first-order valence-electron chi connectivity index (χ1n) is 16.6. The van der Waals surface area contributed by atoms with Crippen LogP contribution in [0.3, 0.4) is 0 Å². The van der Waals surface area contributed by atoms with E-state index in [4.69, 9.17) is 9.47 Å². The maximum Gasteiger partial charge on any atom is 0.306 e. The van der Waals surface area contributed by atoms with E-state index < -0.39 is 18.7 Å². The van der Waals surface area contributed by atoms with Gasteiger partial charge in [0.05, 0.1) is 6.61 Å². The summed E-state index contributed by atoms with van der Waals surface area (Å²) in [5.74, 6) is -0.910. The predicted molar refractivity (Wildman–Crippen MR) is 173 cm³/mol. The fraction of sp³-hybridized carbons (Fsp3) is 0.694. The van der Waals surface area contributed by atoms with E-state index in [-0.39, 0.29) is 31.2 Å². The van der Waals surface area contributed by atoms with Crippen LogP contribution in [0.2, 0.25) is 0 Å². The Morgan fingerprint density at radius 3 is 1.86 bits per heavy atom. The predicted octanol–water partition coefficient (Wildman–Crippen LogP) is 9.07. The van der Waals surface area contributed by atoms with Crippen molar-refractivity contribution in [3.05, 3.63) is 48.6 Å². The van der Waals surface area contributed by atoms with Crippen LogP contribution in [0.15, 0.2) is 48.6 Å². The Morgan fingerprint density at radius 1 is 0.619 bits per heavy atom. The highest BCUT2D eigenvalue weighted by molar-refractivity contribution is 5.90. The molecule has 0 saturated carbocycles. The van der Waals surface area contributed by atoms with Crippen LogP contribution in [0.4, 0.5) is 0 Å². The monoisotopic (exact) mass is 588 g/mol. The summed E-state index contributed by atoms with van der Waals surface area (Å²) < 4.78 is 10.4. The van der Waals surface area contributed by atoms with Gasteiger partial charge >= 0.3 is 11.9 Å². The minimum Gasteiger partial charge on any atom is -0.462 e. The van der Waals surface area contributed by atoms with Crippen LogP contribution in [0, 0.1) is 0 Å². The van der Waals surface area contributed by atoms with Crippen LogP contribution in [-0.4, -0.2) is 42.1 Å². The van der Waals surface area contributed by atoms with Crippen molar-refractivity contribution in [2.24, 2.45) is 0 Å². The van der Waals surface area contributed by atoms with Gasteiger partial charge in [0.25, 0.3) is 0 Å². The van der Waals surface area contributed by atoms with Crippen LogP contribution < -0.4 is 0 Å². The number of aliphatic hydroxyl groups excluding tert-OH is 1. The molecule has 6 heteroatoms. The second-order valence-corrected chi connectivity index (χ2v) is 10.9. The number of esters is 2. The van der Waals surface area contributed by atoms with Gasteiger partial charge in [-0.2, -0.15) is 0 Å². The minimum absolute atomic E-state index is 0.0594. The van der Waals surface area contributed by atoms with Gasteiger partial charge in [-0.3, -0.25) is 14.4 Å². The van der Waals surface area contributed by atoms with Crippen LogP contribution in [-0.2, 0) is 23.9 Å². The van der Waals surface area contributed by atoms with Crippen molar-refractivity contribution in [3.8, 4) is 0 Å². The normalized spacial score (nSPS) is 12.6. The molecule has 0 aromatic carbocycles. The van der Waals surface area contributed by atoms with Crippen molar-refractivity contribution in [1.82, 2.24) is 0 Å². The number of carbonyl (C=O) groups is 3. The molecule has 0 heterocycles. The van der Waals surface area contributed by atoms with E-state index in [2.05, 4.69) is 38.2 Å². The number of rotatable bonds is 29. The molecule has 1 atom stereocenters. The second-order valence-electron chi connectivity index (χ2n) is 10.9. The van der Waals surface area contributed by atoms with Gasteiger partial charge in [0, 0.05) is 19.3 Å². The Hall–Kier alpha value is -2.47. The average molecular weight is 589 g/mol. The van der Waals surface area contributed by atoms with Crippen LogP contribution in [0.5, 0.6) is 0 Å². The molecule has 0 bridgehead atoms. The molecular formula is C36H60O6. The zero-order valence-electron chi connectivity index (χ0n) is 26.7. The molecule has 0 saturated heterocycles. The van der Waals surface area contributed by atoms with Gasteiger partial charge in [-0.15, -0.1) is 0 Å². The lowest BCUT2D eigenvalue weighted by Gasteiger charge is -2.15. The third kappa shape index (κ3) is 29.0. The van der Waals surface area contributed by atoms with Crippen molar-refractivity contribution < 1.29 is 29.0 Å². The molecular weight excluding hydrogens is 528 g/mol. The number of hydrogen-bond donors (Lipinski definition) is 1. The molecule has 1 N–H and O–H groups in total. The van der Waals surface area contributed by atoms with Gasteiger partial charge in [-0.1, -0.05) is 127 Å². The molecule has 0 radical (unpaired) electrons. The van der Waals surface area contributed by atoms with Gasteiger partial charge in [0.1, 0.15) is 6.61 Å². The molecule has 0 aromatic heterocycles. The number of aliphatic hydroxyl groups is 1. The lowest BCUT2D eigenvalue weighted by atomic mass is 10.1. The summed E-state index contributed by atoms with van der Waals surface area (Å²) in [5.41, 5.74) is 0. The zero-order chi connectivity index (χ0) is 30.9. The lowest BCUT2D eigenvalue weighted by Crippen LogP contribution is -2.28. The highest BCUT2D eigenvalue weighted by Crippen LogP contribution is 2.12. The first-order valence-corrected chi connectivity index (χ1v) is 16.6.